The number of anilines is 2. The smallest absolute Gasteiger partial charge is 0.475 e. The number of benzene rings is 3. The molecule has 0 aliphatic carbocycles. The molecule has 0 bridgehead atoms. The first-order valence-electron chi connectivity index (χ1n) is 13.5. The number of alkyl halides is 3. The summed E-state index contributed by atoms with van der Waals surface area (Å²) in [5.74, 6) is -2.81. The lowest BCUT2D eigenvalue weighted by Crippen LogP contribution is -2.49. The fourth-order valence-corrected chi connectivity index (χ4v) is 4.53. The van der Waals surface area contributed by atoms with Gasteiger partial charge >= 0.3 is 12.1 Å². The number of carbonyl (C=O) groups excluding carboxylic acids is 2. The van der Waals surface area contributed by atoms with E-state index in [0.717, 1.165) is 36.4 Å². The number of nitrogens with zero attached hydrogens (tertiary/aromatic N) is 2. The van der Waals surface area contributed by atoms with Crippen molar-refractivity contribution >= 4 is 40.2 Å². The maximum absolute atomic E-state index is 12.9. The third kappa shape index (κ3) is 8.10. The van der Waals surface area contributed by atoms with Gasteiger partial charge in [-0.1, -0.05) is 30.3 Å². The average molecular weight is 597 g/mol. The van der Waals surface area contributed by atoms with Crippen molar-refractivity contribution in [2.24, 2.45) is 0 Å². The van der Waals surface area contributed by atoms with E-state index >= 15 is 0 Å². The number of aromatic amines is 1. The zero-order valence-electron chi connectivity index (χ0n) is 23.4. The SMILES string of the molecule is CC(NC(=O)c1ccc2[nH]nc(NC(=O)c3ccc(N4CCN[C@H](C)C4)cc3)c2c1)c1ccccc1.O=C(O)C(F)(F)F. The Kier molecular flexibility index (Phi) is 9.66. The monoisotopic (exact) mass is 596 g/mol. The van der Waals surface area contributed by atoms with Crippen molar-refractivity contribution in [1.82, 2.24) is 20.8 Å². The Balaban J connectivity index is 0.000000541. The molecule has 1 aliphatic rings. The minimum Gasteiger partial charge on any atom is -0.475 e. The number of fused-ring (bicyclic) bond motifs is 1. The van der Waals surface area contributed by atoms with Crippen molar-refractivity contribution in [2.45, 2.75) is 32.1 Å². The molecule has 4 aromatic rings. The van der Waals surface area contributed by atoms with Crippen LogP contribution in [0.15, 0.2) is 72.8 Å². The van der Waals surface area contributed by atoms with Gasteiger partial charge in [0.05, 0.1) is 11.6 Å². The molecular formula is C30H31F3N6O4. The second-order valence-corrected chi connectivity index (χ2v) is 10.0. The van der Waals surface area contributed by atoms with E-state index in [9.17, 15) is 22.8 Å². The zero-order valence-corrected chi connectivity index (χ0v) is 23.4. The van der Waals surface area contributed by atoms with E-state index < -0.39 is 12.1 Å². The van der Waals surface area contributed by atoms with E-state index in [0.29, 0.717) is 28.4 Å². The Morgan fingerprint density at radius 1 is 1.00 bits per heavy atom. The molecule has 1 aromatic heterocycles. The van der Waals surface area contributed by atoms with E-state index in [-0.39, 0.29) is 17.9 Å². The molecule has 0 saturated carbocycles. The first kappa shape index (κ1) is 31.0. The van der Waals surface area contributed by atoms with Crippen LogP contribution in [0.1, 0.15) is 46.2 Å². The van der Waals surface area contributed by atoms with E-state index in [1.54, 1.807) is 18.2 Å². The number of halogens is 3. The number of carboxylic acids is 1. The first-order valence-corrected chi connectivity index (χ1v) is 13.5. The van der Waals surface area contributed by atoms with Gasteiger partial charge in [-0.2, -0.15) is 18.3 Å². The molecule has 2 amide bonds. The van der Waals surface area contributed by atoms with Gasteiger partial charge in [-0.25, -0.2) is 4.79 Å². The highest BCUT2D eigenvalue weighted by Crippen LogP contribution is 2.24. The van der Waals surface area contributed by atoms with Crippen LogP contribution in [0.4, 0.5) is 24.7 Å². The Morgan fingerprint density at radius 3 is 2.28 bits per heavy atom. The molecular weight excluding hydrogens is 565 g/mol. The number of piperazine rings is 1. The van der Waals surface area contributed by atoms with Crippen LogP contribution >= 0.6 is 0 Å². The normalized spacial score (nSPS) is 15.7. The summed E-state index contributed by atoms with van der Waals surface area (Å²) in [6, 6.07) is 23.0. The number of hydrogen-bond donors (Lipinski definition) is 5. The van der Waals surface area contributed by atoms with Gasteiger partial charge in [0.2, 0.25) is 0 Å². The van der Waals surface area contributed by atoms with Gasteiger partial charge in [-0.3, -0.25) is 14.7 Å². The van der Waals surface area contributed by atoms with Crippen LogP contribution in [0.5, 0.6) is 0 Å². The molecule has 1 unspecified atom stereocenters. The molecule has 10 nitrogen and oxygen atoms in total. The van der Waals surface area contributed by atoms with Crippen LogP contribution in [0.2, 0.25) is 0 Å². The maximum Gasteiger partial charge on any atom is 0.490 e. The lowest BCUT2D eigenvalue weighted by Gasteiger charge is -2.33. The summed E-state index contributed by atoms with van der Waals surface area (Å²) in [4.78, 5) is 37.1. The Morgan fingerprint density at radius 2 is 1.65 bits per heavy atom. The second kappa shape index (κ2) is 13.4. The minimum atomic E-state index is -5.08. The van der Waals surface area contributed by atoms with Crippen LogP contribution in [0.25, 0.3) is 10.9 Å². The fraction of sp³-hybridized carbons (Fsp3) is 0.267. The lowest BCUT2D eigenvalue weighted by molar-refractivity contribution is -0.192. The predicted molar refractivity (Wildman–Crippen MR) is 156 cm³/mol. The summed E-state index contributed by atoms with van der Waals surface area (Å²) >= 11 is 0. The van der Waals surface area contributed by atoms with Crippen LogP contribution < -0.4 is 20.9 Å². The molecule has 3 aromatic carbocycles. The van der Waals surface area contributed by atoms with Crippen LogP contribution in [0, 0.1) is 0 Å². The van der Waals surface area contributed by atoms with Gasteiger partial charge in [0, 0.05) is 47.9 Å². The molecule has 1 saturated heterocycles. The molecule has 5 N–H and O–H groups in total. The Hall–Kier alpha value is -4.91. The highest BCUT2D eigenvalue weighted by molar-refractivity contribution is 6.09. The first-order chi connectivity index (χ1) is 20.4. The van der Waals surface area contributed by atoms with Gasteiger partial charge < -0.3 is 26.0 Å². The van der Waals surface area contributed by atoms with Crippen molar-refractivity contribution in [3.05, 3.63) is 89.5 Å². The standard InChI is InChI=1S/C28H30N6O2.C2HF3O2/c1-18-17-34(15-14-29-18)23-11-8-21(9-12-23)27(35)31-26-24-16-22(10-13-25(24)32-33-26)28(36)30-19(2)20-6-4-3-5-7-20;3-2(4,5)1(6)7/h3-13,16,18-19,29H,14-15,17H2,1-2H3,(H,30,36)(H2,31,32,33,35);(H,6,7)/t18-,19?;/m1./s1. The number of nitrogens with one attached hydrogen (secondary N) is 4. The molecule has 2 atom stereocenters. The van der Waals surface area contributed by atoms with Crippen molar-refractivity contribution in [2.75, 3.05) is 29.9 Å². The van der Waals surface area contributed by atoms with E-state index in [4.69, 9.17) is 9.90 Å². The van der Waals surface area contributed by atoms with Gasteiger partial charge in [0.15, 0.2) is 5.82 Å². The largest absolute Gasteiger partial charge is 0.490 e. The predicted octanol–water partition coefficient (Wildman–Crippen LogP) is 4.74. The van der Waals surface area contributed by atoms with Crippen LogP contribution in [0.3, 0.4) is 0 Å². The summed E-state index contributed by atoms with van der Waals surface area (Å²) in [5, 5.41) is 24.3. The van der Waals surface area contributed by atoms with Crippen molar-refractivity contribution < 1.29 is 32.7 Å². The molecule has 1 aliphatic heterocycles. The number of H-pyrrole nitrogens is 1. The van der Waals surface area contributed by atoms with Crippen molar-refractivity contribution in [3.8, 4) is 0 Å². The number of rotatable bonds is 6. The van der Waals surface area contributed by atoms with E-state index in [1.807, 2.05) is 61.5 Å². The molecule has 0 spiro atoms. The van der Waals surface area contributed by atoms with E-state index in [1.165, 1.54) is 0 Å². The highest BCUT2D eigenvalue weighted by atomic mass is 19.4. The Labute approximate surface area is 245 Å². The summed E-state index contributed by atoms with van der Waals surface area (Å²) in [7, 11) is 0. The summed E-state index contributed by atoms with van der Waals surface area (Å²) < 4.78 is 31.7. The second-order valence-electron chi connectivity index (χ2n) is 10.0. The summed E-state index contributed by atoms with van der Waals surface area (Å²) in [6.45, 7) is 6.94. The van der Waals surface area contributed by atoms with Gasteiger partial charge in [0.25, 0.3) is 11.8 Å². The minimum absolute atomic E-state index is 0.134. The fourth-order valence-electron chi connectivity index (χ4n) is 4.53. The van der Waals surface area contributed by atoms with E-state index in [2.05, 4.69) is 38.0 Å². The lowest BCUT2D eigenvalue weighted by atomic mass is 10.1. The quantitative estimate of drug-likeness (QED) is 0.217. The topological polar surface area (TPSA) is 139 Å². The molecule has 2 heterocycles. The van der Waals surface area contributed by atoms with Gasteiger partial charge in [-0.15, -0.1) is 0 Å². The molecule has 5 rings (SSSR count). The number of carbonyl (C=O) groups is 3. The molecule has 226 valence electrons. The van der Waals surface area contributed by atoms with Crippen molar-refractivity contribution in [1.29, 1.82) is 0 Å². The molecule has 43 heavy (non-hydrogen) atoms. The molecule has 13 heteroatoms. The summed E-state index contributed by atoms with van der Waals surface area (Å²) in [6.07, 6.45) is -5.08. The third-order valence-corrected chi connectivity index (χ3v) is 6.81. The third-order valence-electron chi connectivity index (χ3n) is 6.81. The summed E-state index contributed by atoms with van der Waals surface area (Å²) in [5.41, 5.74) is 3.91. The number of hydrogen-bond acceptors (Lipinski definition) is 6. The van der Waals surface area contributed by atoms with Crippen LogP contribution in [-0.2, 0) is 4.79 Å². The maximum atomic E-state index is 12.9. The van der Waals surface area contributed by atoms with Crippen molar-refractivity contribution in [3.63, 3.8) is 0 Å². The number of carboxylic acid groups (broad SMARTS) is 1. The highest BCUT2D eigenvalue weighted by Gasteiger charge is 2.38. The number of aliphatic carboxylic acids is 1. The van der Waals surface area contributed by atoms with Gasteiger partial charge in [0.1, 0.15) is 0 Å². The number of aromatic nitrogens is 2. The van der Waals surface area contributed by atoms with Crippen LogP contribution in [-0.4, -0.2) is 64.9 Å². The number of amides is 2. The van der Waals surface area contributed by atoms with Gasteiger partial charge in [-0.05, 0) is 61.9 Å². The Bertz CT molecular complexity index is 1570. The molecule has 1 fully saturated rings. The molecule has 0 radical (unpaired) electrons. The zero-order chi connectivity index (χ0) is 31.1. The average Bonchev–Trinajstić information content (AvgIpc) is 3.39.